The van der Waals surface area contributed by atoms with Crippen molar-refractivity contribution in [2.75, 3.05) is 13.7 Å². The lowest BCUT2D eigenvalue weighted by Gasteiger charge is -2.41. The molecule has 2 aliphatic rings. The molecule has 0 aliphatic carbocycles. The lowest BCUT2D eigenvalue weighted by molar-refractivity contribution is -0.158. The number of aliphatic hydroxyl groups is 1. The predicted octanol–water partition coefficient (Wildman–Crippen LogP) is 0.835. The van der Waals surface area contributed by atoms with Crippen LogP contribution in [0.15, 0.2) is 48.7 Å². The number of amides is 3. The van der Waals surface area contributed by atoms with E-state index in [9.17, 15) is 29.4 Å². The molecule has 11 nitrogen and oxygen atoms in total. The Morgan fingerprint density at radius 2 is 1.85 bits per heavy atom. The number of hydrogen-bond donors (Lipinski definition) is 4. The van der Waals surface area contributed by atoms with E-state index in [2.05, 4.69) is 15.6 Å². The molecule has 214 valence electrons. The van der Waals surface area contributed by atoms with E-state index in [0.29, 0.717) is 13.0 Å². The van der Waals surface area contributed by atoms with Gasteiger partial charge in [0.15, 0.2) is 11.5 Å². The molecular weight excluding hydrogens is 516 g/mol. The largest absolute Gasteiger partial charge is 0.505 e. The second-order valence-corrected chi connectivity index (χ2v) is 10.6. The van der Waals surface area contributed by atoms with Gasteiger partial charge in [0.2, 0.25) is 11.8 Å². The number of ether oxygens (including phenoxy) is 1. The summed E-state index contributed by atoms with van der Waals surface area (Å²) >= 11 is 0. The fourth-order valence-electron chi connectivity index (χ4n) is 5.33. The van der Waals surface area contributed by atoms with Gasteiger partial charge in [0.1, 0.15) is 17.8 Å². The molecule has 1 aromatic heterocycles. The number of carbonyl (C=O) groups excluding carboxylic acids is 4. The van der Waals surface area contributed by atoms with Crippen LogP contribution in [-0.4, -0.2) is 87.6 Å². The molecule has 0 bridgehead atoms. The molecule has 2 unspecified atom stereocenters. The number of hydrogen-bond acceptors (Lipinski definition) is 8. The smallest absolute Gasteiger partial charge is 0.274 e. The van der Waals surface area contributed by atoms with Crippen molar-refractivity contribution in [1.29, 1.82) is 0 Å². The molecular formula is C29H36N4O7. The second-order valence-electron chi connectivity index (χ2n) is 10.6. The molecule has 11 heteroatoms. The molecule has 2 saturated heterocycles. The van der Waals surface area contributed by atoms with E-state index in [1.807, 2.05) is 30.3 Å². The Hall–Kier alpha value is -3.83. The molecule has 3 amide bonds. The summed E-state index contributed by atoms with van der Waals surface area (Å²) in [5.74, 6) is -4.19. The Bertz CT molecular complexity index is 1240. The van der Waals surface area contributed by atoms with Crippen molar-refractivity contribution < 1.29 is 34.1 Å². The molecule has 40 heavy (non-hydrogen) atoms. The van der Waals surface area contributed by atoms with Crippen molar-refractivity contribution in [3.8, 4) is 5.75 Å². The van der Waals surface area contributed by atoms with E-state index in [1.54, 1.807) is 13.8 Å². The third-order valence-electron chi connectivity index (χ3n) is 7.78. The van der Waals surface area contributed by atoms with Crippen LogP contribution in [0.4, 0.5) is 0 Å². The molecule has 2 aromatic rings. The maximum absolute atomic E-state index is 13.7. The highest BCUT2D eigenvalue weighted by molar-refractivity contribution is 5.98. The van der Waals surface area contributed by atoms with Crippen molar-refractivity contribution in [3.05, 3.63) is 59.9 Å². The van der Waals surface area contributed by atoms with E-state index >= 15 is 0 Å². The van der Waals surface area contributed by atoms with Gasteiger partial charge in [-0.05, 0) is 36.5 Å². The average molecular weight is 553 g/mol. The van der Waals surface area contributed by atoms with Crippen LogP contribution in [0, 0.1) is 11.8 Å². The maximum atomic E-state index is 13.7. The Balaban J connectivity index is 1.70. The van der Waals surface area contributed by atoms with Crippen LogP contribution in [0.2, 0.25) is 0 Å². The number of nitrogens with one attached hydrogen (secondary N) is 2. The van der Waals surface area contributed by atoms with Gasteiger partial charge in [-0.1, -0.05) is 44.2 Å². The zero-order chi connectivity index (χ0) is 29.0. The minimum atomic E-state index is -1.30. The summed E-state index contributed by atoms with van der Waals surface area (Å²) in [6, 6.07) is 9.00. The van der Waals surface area contributed by atoms with E-state index in [0.717, 1.165) is 5.56 Å². The van der Waals surface area contributed by atoms with Gasteiger partial charge in [0, 0.05) is 26.3 Å². The second kappa shape index (κ2) is 12.6. The number of benzene rings is 1. The number of nitrogens with zero attached hydrogens (tertiary/aromatic N) is 2. The van der Waals surface area contributed by atoms with Gasteiger partial charge < -0.3 is 30.5 Å². The van der Waals surface area contributed by atoms with Gasteiger partial charge in [-0.3, -0.25) is 19.2 Å². The van der Waals surface area contributed by atoms with E-state index in [4.69, 9.17) is 4.74 Å². The first kappa shape index (κ1) is 29.2. The third-order valence-corrected chi connectivity index (χ3v) is 7.78. The Kier molecular flexibility index (Phi) is 9.16. The first-order chi connectivity index (χ1) is 19.1. The summed E-state index contributed by atoms with van der Waals surface area (Å²) < 4.78 is 5.60. The lowest BCUT2D eigenvalue weighted by atomic mass is 9.86. The SMILES string of the molecule is C[C@H]1CC(=O)C(C2CCO2)N(C)C(=O)[C@H](C)[C@H](O)[C@H](Cc2ccccc2)NC(=O)[C@H]1NC(=O)c1ncccc1O. The van der Waals surface area contributed by atoms with E-state index < -0.39 is 59.9 Å². The minimum Gasteiger partial charge on any atom is -0.505 e. The van der Waals surface area contributed by atoms with Crippen molar-refractivity contribution in [2.45, 2.75) is 63.4 Å². The summed E-state index contributed by atoms with van der Waals surface area (Å²) in [5, 5.41) is 27.0. The Morgan fingerprint density at radius 3 is 2.48 bits per heavy atom. The van der Waals surface area contributed by atoms with Gasteiger partial charge in [0.25, 0.3) is 5.91 Å². The molecule has 4 N–H and O–H groups in total. The average Bonchev–Trinajstić information content (AvgIpc) is 2.91. The zero-order valence-electron chi connectivity index (χ0n) is 22.8. The monoisotopic (exact) mass is 552 g/mol. The molecule has 0 spiro atoms. The Morgan fingerprint density at radius 1 is 1.15 bits per heavy atom. The van der Waals surface area contributed by atoms with Crippen LogP contribution in [0.25, 0.3) is 0 Å². The number of likely N-dealkylation sites (N-methyl/N-ethyl adjacent to an activating group) is 1. The fraction of sp³-hybridized carbons (Fsp3) is 0.483. The van der Waals surface area contributed by atoms with Crippen molar-refractivity contribution in [2.24, 2.45) is 11.8 Å². The summed E-state index contributed by atoms with van der Waals surface area (Å²) in [4.78, 5) is 59.1. The standard InChI is InChI=1S/C29H36N4O7/c1-16-14-21(35)25(22-11-13-40-22)33(3)29(39)17(2)26(36)19(15-18-8-5-4-6-9-18)31-27(37)23(16)32-28(38)24-20(34)10-7-12-30-24/h4-10,12,16-17,19,22-23,25-26,34,36H,11,13-15H2,1-3H3,(H,31,37)(H,32,38)/t16-,17+,19-,22?,23-,25?,26-/m0/s1. The predicted molar refractivity (Wildman–Crippen MR) is 144 cm³/mol. The molecule has 1 aromatic carbocycles. The number of aliphatic hydroxyl groups excluding tert-OH is 1. The Labute approximate surface area is 232 Å². The molecule has 4 rings (SSSR count). The maximum Gasteiger partial charge on any atom is 0.274 e. The molecule has 3 heterocycles. The molecule has 0 saturated carbocycles. The van der Waals surface area contributed by atoms with E-state index in [1.165, 1.54) is 30.3 Å². The van der Waals surface area contributed by atoms with Gasteiger partial charge in [-0.15, -0.1) is 0 Å². The molecule has 2 aliphatic heterocycles. The fourth-order valence-corrected chi connectivity index (χ4v) is 5.33. The number of carbonyl (C=O) groups is 4. The summed E-state index contributed by atoms with van der Waals surface area (Å²) in [5.41, 5.74) is 0.565. The normalized spacial score (nSPS) is 29.9. The molecule has 7 atom stereocenters. The summed E-state index contributed by atoms with van der Waals surface area (Å²) in [7, 11) is 1.53. The number of rotatable bonds is 5. The lowest BCUT2D eigenvalue weighted by Crippen LogP contribution is -2.61. The molecule has 0 radical (unpaired) electrons. The van der Waals surface area contributed by atoms with Gasteiger partial charge in [0.05, 0.1) is 24.2 Å². The van der Waals surface area contributed by atoms with E-state index in [-0.39, 0.29) is 30.1 Å². The van der Waals surface area contributed by atoms with Crippen molar-refractivity contribution >= 4 is 23.5 Å². The topological polar surface area (TPSA) is 158 Å². The van der Waals surface area contributed by atoms with Crippen LogP contribution >= 0.6 is 0 Å². The van der Waals surface area contributed by atoms with Crippen molar-refractivity contribution in [3.63, 3.8) is 0 Å². The quantitative estimate of drug-likeness (QED) is 0.425. The number of ketones is 1. The zero-order valence-corrected chi connectivity index (χ0v) is 22.8. The van der Waals surface area contributed by atoms with Gasteiger partial charge in [-0.2, -0.15) is 0 Å². The van der Waals surface area contributed by atoms with Gasteiger partial charge >= 0.3 is 0 Å². The minimum absolute atomic E-state index is 0.130. The highest BCUT2D eigenvalue weighted by Gasteiger charge is 2.44. The first-order valence-corrected chi connectivity index (χ1v) is 13.5. The van der Waals surface area contributed by atoms with Crippen LogP contribution in [0.3, 0.4) is 0 Å². The molecule has 2 fully saturated rings. The number of aromatic nitrogens is 1. The number of aromatic hydroxyl groups is 1. The summed E-state index contributed by atoms with van der Waals surface area (Å²) in [6.07, 6.45) is 0.229. The van der Waals surface area contributed by atoms with Crippen LogP contribution in [-0.2, 0) is 25.5 Å². The number of pyridine rings is 1. The first-order valence-electron chi connectivity index (χ1n) is 13.5. The van der Waals surface area contributed by atoms with Crippen LogP contribution in [0.1, 0.15) is 42.7 Å². The van der Waals surface area contributed by atoms with Crippen LogP contribution in [0.5, 0.6) is 5.75 Å². The van der Waals surface area contributed by atoms with Gasteiger partial charge in [-0.25, -0.2) is 4.98 Å². The highest BCUT2D eigenvalue weighted by atomic mass is 16.5. The summed E-state index contributed by atoms with van der Waals surface area (Å²) in [6.45, 7) is 3.69. The highest BCUT2D eigenvalue weighted by Crippen LogP contribution is 2.26. The van der Waals surface area contributed by atoms with Crippen molar-refractivity contribution in [1.82, 2.24) is 20.5 Å². The number of Topliss-reactive ketones (excluding diaryl/α,β-unsaturated/α-hetero) is 1. The van der Waals surface area contributed by atoms with Crippen LogP contribution < -0.4 is 10.6 Å². The third kappa shape index (κ3) is 6.31.